The highest BCUT2D eigenvalue weighted by Gasteiger charge is 2.10. The monoisotopic (exact) mass is 487 g/mol. The van der Waals surface area contributed by atoms with Crippen molar-refractivity contribution in [3.8, 4) is 5.69 Å². The lowest BCUT2D eigenvalue weighted by Crippen LogP contribution is -2.17. The van der Waals surface area contributed by atoms with E-state index in [1.165, 1.54) is 5.56 Å². The Hall–Kier alpha value is -3.28. The minimum atomic E-state index is -0.236. The Morgan fingerprint density at radius 2 is 1.65 bits per heavy atom. The Labute approximate surface area is 209 Å². The molecule has 0 radical (unpaired) electrons. The van der Waals surface area contributed by atoms with Crippen LogP contribution in [0.15, 0.2) is 88.9 Å². The van der Waals surface area contributed by atoms with E-state index in [-0.39, 0.29) is 5.91 Å². The maximum absolute atomic E-state index is 12.5. The van der Waals surface area contributed by atoms with Gasteiger partial charge in [0.05, 0.1) is 6.21 Å². The molecule has 0 fully saturated rings. The van der Waals surface area contributed by atoms with Gasteiger partial charge in [-0.05, 0) is 80.9 Å². The number of amides is 1. The van der Waals surface area contributed by atoms with E-state index in [9.17, 15) is 4.79 Å². The van der Waals surface area contributed by atoms with Crippen molar-refractivity contribution in [1.29, 1.82) is 0 Å². The number of thioether (sulfide) groups is 1. The summed E-state index contributed by atoms with van der Waals surface area (Å²) in [5.41, 5.74) is 9.84. The van der Waals surface area contributed by atoms with E-state index in [0.29, 0.717) is 5.56 Å². The fourth-order valence-electron chi connectivity index (χ4n) is 3.68. The molecule has 1 amide bonds. The third-order valence-corrected chi connectivity index (χ3v) is 6.90. The first kappa shape index (κ1) is 23.9. The van der Waals surface area contributed by atoms with Gasteiger partial charge in [-0.3, -0.25) is 4.79 Å². The number of halogens is 1. The predicted octanol–water partition coefficient (Wildman–Crippen LogP) is 7.11. The second-order valence-corrected chi connectivity index (χ2v) is 9.62. The molecular formula is C28H26ClN3OS. The van der Waals surface area contributed by atoms with Gasteiger partial charge in [0.1, 0.15) is 0 Å². The molecule has 0 atom stereocenters. The van der Waals surface area contributed by atoms with Crippen LogP contribution >= 0.6 is 23.4 Å². The third kappa shape index (κ3) is 5.79. The first-order valence-corrected chi connectivity index (χ1v) is 12.3. The molecule has 1 aromatic heterocycles. The summed E-state index contributed by atoms with van der Waals surface area (Å²) in [5.74, 6) is 0.582. The molecule has 4 rings (SSSR count). The maximum atomic E-state index is 12.5. The summed E-state index contributed by atoms with van der Waals surface area (Å²) >= 11 is 7.66. The fraction of sp³-hybridized carbons (Fsp3) is 0.143. The van der Waals surface area contributed by atoms with Gasteiger partial charge in [-0.25, -0.2) is 5.43 Å². The number of hydrazone groups is 1. The lowest BCUT2D eigenvalue weighted by atomic mass is 10.1. The first-order valence-electron chi connectivity index (χ1n) is 11.0. The van der Waals surface area contributed by atoms with Crippen molar-refractivity contribution in [3.05, 3.63) is 118 Å². The zero-order chi connectivity index (χ0) is 24.1. The number of aromatic nitrogens is 1. The van der Waals surface area contributed by atoms with Crippen LogP contribution in [-0.2, 0) is 5.75 Å². The van der Waals surface area contributed by atoms with Gasteiger partial charge in [-0.2, -0.15) is 5.10 Å². The highest BCUT2D eigenvalue weighted by atomic mass is 35.5. The Morgan fingerprint density at radius 1 is 0.971 bits per heavy atom. The van der Waals surface area contributed by atoms with Crippen LogP contribution in [0.1, 0.15) is 38.4 Å². The fourth-order valence-corrected chi connectivity index (χ4v) is 4.66. The van der Waals surface area contributed by atoms with Crippen molar-refractivity contribution in [3.63, 3.8) is 0 Å². The minimum Gasteiger partial charge on any atom is -0.318 e. The van der Waals surface area contributed by atoms with E-state index >= 15 is 0 Å². The molecule has 4 nitrogen and oxygen atoms in total. The van der Waals surface area contributed by atoms with Crippen LogP contribution in [0.25, 0.3) is 5.69 Å². The molecular weight excluding hydrogens is 462 g/mol. The average Bonchev–Trinajstić information content (AvgIpc) is 3.12. The van der Waals surface area contributed by atoms with Crippen molar-refractivity contribution >= 4 is 35.5 Å². The summed E-state index contributed by atoms with van der Waals surface area (Å²) in [6.45, 7) is 6.19. The molecule has 34 heavy (non-hydrogen) atoms. The number of hydrogen-bond acceptors (Lipinski definition) is 3. The van der Waals surface area contributed by atoms with Gasteiger partial charge in [0.25, 0.3) is 5.91 Å². The Kier molecular flexibility index (Phi) is 7.56. The van der Waals surface area contributed by atoms with E-state index in [1.54, 1.807) is 18.0 Å². The van der Waals surface area contributed by atoms with Crippen molar-refractivity contribution in [2.24, 2.45) is 5.10 Å². The standard InChI is InChI=1S/C28H26ClN3OS/c1-19-4-12-26(13-5-19)32-20(2)16-24(21(32)3)17-30-31-28(33)23-8-6-22(7-9-23)18-34-27-14-10-25(29)11-15-27/h4-17H,18H2,1-3H3,(H,31,33)/b30-17-. The van der Waals surface area contributed by atoms with Crippen molar-refractivity contribution in [2.75, 3.05) is 0 Å². The largest absolute Gasteiger partial charge is 0.318 e. The SMILES string of the molecule is Cc1ccc(-n2c(C)cc(/C=N\NC(=O)c3ccc(CSc4ccc(Cl)cc4)cc3)c2C)cc1. The van der Waals surface area contributed by atoms with Gasteiger partial charge in [0, 0.05) is 43.9 Å². The van der Waals surface area contributed by atoms with E-state index in [1.807, 2.05) is 48.5 Å². The normalized spacial score (nSPS) is 11.2. The van der Waals surface area contributed by atoms with Gasteiger partial charge in [-0.1, -0.05) is 41.4 Å². The first-order chi connectivity index (χ1) is 16.4. The summed E-state index contributed by atoms with van der Waals surface area (Å²) in [5, 5.41) is 4.93. The number of nitrogens with one attached hydrogen (secondary N) is 1. The molecule has 0 spiro atoms. The molecule has 0 aliphatic heterocycles. The molecule has 1 N–H and O–H groups in total. The van der Waals surface area contributed by atoms with Crippen LogP contribution in [0.4, 0.5) is 0 Å². The molecule has 172 valence electrons. The molecule has 0 saturated carbocycles. The van der Waals surface area contributed by atoms with Crippen molar-refractivity contribution in [2.45, 2.75) is 31.4 Å². The van der Waals surface area contributed by atoms with E-state index in [4.69, 9.17) is 11.6 Å². The number of hydrogen-bond donors (Lipinski definition) is 1. The Balaban J connectivity index is 1.36. The maximum Gasteiger partial charge on any atom is 0.271 e. The number of carbonyl (C=O) groups is 1. The number of benzene rings is 3. The lowest BCUT2D eigenvalue weighted by Gasteiger charge is -2.09. The summed E-state index contributed by atoms with van der Waals surface area (Å²) in [6, 6.07) is 25.9. The Morgan fingerprint density at radius 3 is 2.32 bits per heavy atom. The predicted molar refractivity (Wildman–Crippen MR) is 142 cm³/mol. The van der Waals surface area contributed by atoms with Gasteiger partial charge < -0.3 is 4.57 Å². The molecule has 1 heterocycles. The Bertz CT molecular complexity index is 1310. The lowest BCUT2D eigenvalue weighted by molar-refractivity contribution is 0.0955. The molecule has 0 unspecified atom stereocenters. The topological polar surface area (TPSA) is 46.4 Å². The summed E-state index contributed by atoms with van der Waals surface area (Å²) < 4.78 is 2.18. The summed E-state index contributed by atoms with van der Waals surface area (Å²) in [7, 11) is 0. The number of rotatable bonds is 7. The third-order valence-electron chi connectivity index (χ3n) is 5.57. The second kappa shape index (κ2) is 10.8. The number of carbonyl (C=O) groups excluding carboxylic acids is 1. The summed E-state index contributed by atoms with van der Waals surface area (Å²) in [6.07, 6.45) is 1.70. The smallest absolute Gasteiger partial charge is 0.271 e. The molecule has 4 aromatic rings. The number of nitrogens with zero attached hydrogens (tertiary/aromatic N) is 2. The van der Waals surface area contributed by atoms with Crippen LogP contribution in [0, 0.1) is 20.8 Å². The van der Waals surface area contributed by atoms with E-state index < -0.39 is 0 Å². The van der Waals surface area contributed by atoms with Gasteiger partial charge >= 0.3 is 0 Å². The minimum absolute atomic E-state index is 0.236. The second-order valence-electron chi connectivity index (χ2n) is 8.14. The van der Waals surface area contributed by atoms with Crippen LogP contribution in [0.2, 0.25) is 5.02 Å². The van der Waals surface area contributed by atoms with Gasteiger partial charge in [0.15, 0.2) is 0 Å². The molecule has 6 heteroatoms. The zero-order valence-corrected chi connectivity index (χ0v) is 21.0. The van der Waals surface area contributed by atoms with Crippen molar-refractivity contribution in [1.82, 2.24) is 9.99 Å². The zero-order valence-electron chi connectivity index (χ0n) is 19.4. The molecule has 0 aliphatic carbocycles. The van der Waals surface area contributed by atoms with Crippen molar-refractivity contribution < 1.29 is 4.79 Å². The highest BCUT2D eigenvalue weighted by molar-refractivity contribution is 7.98. The molecule has 0 saturated heterocycles. The van der Waals surface area contributed by atoms with Crippen LogP contribution < -0.4 is 5.43 Å². The van der Waals surface area contributed by atoms with Gasteiger partial charge in [0.2, 0.25) is 0 Å². The molecule has 0 aliphatic rings. The molecule has 3 aromatic carbocycles. The number of aryl methyl sites for hydroxylation is 2. The highest BCUT2D eigenvalue weighted by Crippen LogP contribution is 2.24. The van der Waals surface area contributed by atoms with Crippen LogP contribution in [0.5, 0.6) is 0 Å². The quantitative estimate of drug-likeness (QED) is 0.171. The van der Waals surface area contributed by atoms with E-state index in [2.05, 4.69) is 66.2 Å². The van der Waals surface area contributed by atoms with Crippen LogP contribution in [0.3, 0.4) is 0 Å². The summed E-state index contributed by atoms with van der Waals surface area (Å²) in [4.78, 5) is 13.7. The van der Waals surface area contributed by atoms with E-state index in [0.717, 1.165) is 43.9 Å². The van der Waals surface area contributed by atoms with Crippen LogP contribution in [-0.4, -0.2) is 16.7 Å². The van der Waals surface area contributed by atoms with Gasteiger partial charge in [-0.15, -0.1) is 11.8 Å². The average molecular weight is 488 g/mol. The molecule has 0 bridgehead atoms.